The van der Waals surface area contributed by atoms with Crippen molar-refractivity contribution in [2.24, 2.45) is 0 Å². The standard InChI is InChI=1S/C13H24N4O/c1-6-7-13(4,5)15-12(18)11-9(14)10(8(2)3)16-17-11/h8H,6-7,14H2,1-5H3,(H,15,18)(H,16,17). The molecule has 0 aliphatic rings. The third kappa shape index (κ3) is 3.24. The fourth-order valence-corrected chi connectivity index (χ4v) is 2.03. The van der Waals surface area contributed by atoms with Crippen molar-refractivity contribution in [3.05, 3.63) is 11.4 Å². The van der Waals surface area contributed by atoms with Gasteiger partial charge in [0.25, 0.3) is 5.91 Å². The number of aromatic nitrogens is 2. The number of H-pyrrole nitrogens is 1. The zero-order chi connectivity index (χ0) is 13.9. The number of carbonyl (C=O) groups excluding carboxylic acids is 1. The molecule has 0 radical (unpaired) electrons. The molecule has 1 aromatic rings. The average molecular weight is 252 g/mol. The molecular formula is C13H24N4O. The van der Waals surface area contributed by atoms with Crippen LogP contribution in [0.1, 0.15) is 69.6 Å². The number of hydrogen-bond donors (Lipinski definition) is 3. The fraction of sp³-hybridized carbons (Fsp3) is 0.692. The van der Waals surface area contributed by atoms with E-state index in [-0.39, 0.29) is 17.4 Å². The Kier molecular flexibility index (Phi) is 4.38. The first-order chi connectivity index (χ1) is 8.28. The van der Waals surface area contributed by atoms with Gasteiger partial charge >= 0.3 is 0 Å². The minimum Gasteiger partial charge on any atom is -0.395 e. The molecule has 0 saturated carbocycles. The van der Waals surface area contributed by atoms with Crippen molar-refractivity contribution in [2.45, 2.75) is 58.9 Å². The summed E-state index contributed by atoms with van der Waals surface area (Å²) in [7, 11) is 0. The van der Waals surface area contributed by atoms with Crippen LogP contribution in [0.25, 0.3) is 0 Å². The van der Waals surface area contributed by atoms with Crippen molar-refractivity contribution in [1.29, 1.82) is 0 Å². The molecule has 1 heterocycles. The number of amides is 1. The molecule has 0 fully saturated rings. The molecule has 1 aromatic heterocycles. The van der Waals surface area contributed by atoms with Crippen molar-refractivity contribution in [3.63, 3.8) is 0 Å². The largest absolute Gasteiger partial charge is 0.395 e. The van der Waals surface area contributed by atoms with Crippen molar-refractivity contribution >= 4 is 11.6 Å². The van der Waals surface area contributed by atoms with Crippen LogP contribution in [-0.2, 0) is 0 Å². The van der Waals surface area contributed by atoms with Gasteiger partial charge in [-0.3, -0.25) is 9.89 Å². The minimum atomic E-state index is -0.241. The van der Waals surface area contributed by atoms with Crippen LogP contribution in [0, 0.1) is 0 Å². The SMILES string of the molecule is CCCC(C)(C)NC(=O)c1n[nH]c(C(C)C)c1N. The van der Waals surface area contributed by atoms with E-state index >= 15 is 0 Å². The average Bonchev–Trinajstić information content (AvgIpc) is 2.58. The lowest BCUT2D eigenvalue weighted by molar-refractivity contribution is 0.0905. The van der Waals surface area contributed by atoms with Gasteiger partial charge < -0.3 is 11.1 Å². The third-order valence-corrected chi connectivity index (χ3v) is 2.95. The van der Waals surface area contributed by atoms with E-state index in [1.165, 1.54) is 0 Å². The van der Waals surface area contributed by atoms with Gasteiger partial charge in [0, 0.05) is 5.54 Å². The van der Waals surface area contributed by atoms with Gasteiger partial charge in [-0.2, -0.15) is 5.10 Å². The highest BCUT2D eigenvalue weighted by atomic mass is 16.2. The maximum absolute atomic E-state index is 12.1. The number of nitrogens with two attached hydrogens (primary N) is 1. The van der Waals surface area contributed by atoms with E-state index in [9.17, 15) is 4.79 Å². The van der Waals surface area contributed by atoms with Crippen LogP contribution in [0.2, 0.25) is 0 Å². The van der Waals surface area contributed by atoms with Crippen LogP contribution < -0.4 is 11.1 Å². The summed E-state index contributed by atoms with van der Waals surface area (Å²) < 4.78 is 0. The number of rotatable bonds is 5. The van der Waals surface area contributed by atoms with Gasteiger partial charge in [-0.05, 0) is 26.2 Å². The van der Waals surface area contributed by atoms with Gasteiger partial charge in [0.15, 0.2) is 5.69 Å². The summed E-state index contributed by atoms with van der Waals surface area (Å²) in [5, 5.41) is 9.82. The van der Waals surface area contributed by atoms with E-state index in [4.69, 9.17) is 5.73 Å². The molecule has 0 bridgehead atoms. The molecule has 0 aliphatic heterocycles. The molecule has 0 saturated heterocycles. The second-order valence-corrected chi connectivity index (χ2v) is 5.64. The second-order valence-electron chi connectivity index (χ2n) is 5.64. The van der Waals surface area contributed by atoms with E-state index in [0.717, 1.165) is 18.5 Å². The first-order valence-electron chi connectivity index (χ1n) is 6.44. The van der Waals surface area contributed by atoms with Crippen molar-refractivity contribution in [1.82, 2.24) is 15.5 Å². The summed E-state index contributed by atoms with van der Waals surface area (Å²) in [5.41, 5.74) is 7.26. The lowest BCUT2D eigenvalue weighted by Gasteiger charge is -2.25. The smallest absolute Gasteiger partial charge is 0.274 e. The number of nitrogens with zero attached hydrogens (tertiary/aromatic N) is 1. The normalized spacial score (nSPS) is 11.9. The van der Waals surface area contributed by atoms with E-state index in [1.807, 2.05) is 27.7 Å². The highest BCUT2D eigenvalue weighted by Gasteiger charge is 2.24. The molecule has 1 amide bonds. The zero-order valence-electron chi connectivity index (χ0n) is 11.9. The summed E-state index contributed by atoms with van der Waals surface area (Å²) in [6.07, 6.45) is 1.93. The quantitative estimate of drug-likeness (QED) is 0.752. The van der Waals surface area contributed by atoms with Gasteiger partial charge in [0.2, 0.25) is 0 Å². The van der Waals surface area contributed by atoms with Crippen LogP contribution >= 0.6 is 0 Å². The second kappa shape index (κ2) is 5.42. The summed E-state index contributed by atoms with van der Waals surface area (Å²) in [6.45, 7) is 10.1. The fourth-order valence-electron chi connectivity index (χ4n) is 2.03. The first-order valence-corrected chi connectivity index (χ1v) is 6.44. The molecular weight excluding hydrogens is 228 g/mol. The topological polar surface area (TPSA) is 83.8 Å². The number of anilines is 1. The molecule has 0 aromatic carbocycles. The number of carbonyl (C=O) groups is 1. The monoisotopic (exact) mass is 252 g/mol. The summed E-state index contributed by atoms with van der Waals surface area (Å²) in [6, 6.07) is 0. The predicted octanol–water partition coefficient (Wildman–Crippen LogP) is 2.42. The lowest BCUT2D eigenvalue weighted by atomic mass is 9.98. The van der Waals surface area contributed by atoms with Gasteiger partial charge in [-0.1, -0.05) is 27.2 Å². The Bertz CT molecular complexity index is 421. The highest BCUT2D eigenvalue weighted by Crippen LogP contribution is 2.22. The zero-order valence-corrected chi connectivity index (χ0v) is 11.9. The summed E-state index contributed by atoms with van der Waals surface area (Å²) in [5.74, 6) is 0.0109. The Balaban J connectivity index is 2.85. The Morgan fingerprint density at radius 3 is 2.56 bits per heavy atom. The molecule has 0 atom stereocenters. The molecule has 102 valence electrons. The van der Waals surface area contributed by atoms with E-state index < -0.39 is 0 Å². The highest BCUT2D eigenvalue weighted by molar-refractivity contribution is 5.98. The van der Waals surface area contributed by atoms with Crippen molar-refractivity contribution < 1.29 is 4.79 Å². The third-order valence-electron chi connectivity index (χ3n) is 2.95. The van der Waals surface area contributed by atoms with E-state index in [2.05, 4.69) is 22.4 Å². The van der Waals surface area contributed by atoms with Crippen molar-refractivity contribution in [3.8, 4) is 0 Å². The van der Waals surface area contributed by atoms with Gasteiger partial charge in [0.1, 0.15) is 0 Å². The van der Waals surface area contributed by atoms with E-state index in [1.54, 1.807) is 0 Å². The van der Waals surface area contributed by atoms with Gasteiger partial charge in [-0.15, -0.1) is 0 Å². The molecule has 0 unspecified atom stereocenters. The molecule has 1 rings (SSSR count). The number of nitrogen functional groups attached to an aromatic ring is 1. The molecule has 0 spiro atoms. The minimum absolute atomic E-state index is 0.214. The van der Waals surface area contributed by atoms with Crippen LogP contribution in [0.15, 0.2) is 0 Å². The Morgan fingerprint density at radius 1 is 1.50 bits per heavy atom. The molecule has 4 N–H and O–H groups in total. The summed E-state index contributed by atoms with van der Waals surface area (Å²) in [4.78, 5) is 12.1. The van der Waals surface area contributed by atoms with Crippen LogP contribution in [0.4, 0.5) is 5.69 Å². The van der Waals surface area contributed by atoms with Crippen molar-refractivity contribution in [2.75, 3.05) is 5.73 Å². The van der Waals surface area contributed by atoms with Gasteiger partial charge in [0.05, 0.1) is 11.4 Å². The Labute approximate surface area is 109 Å². The number of nitrogens with one attached hydrogen (secondary N) is 2. The Hall–Kier alpha value is -1.52. The predicted molar refractivity (Wildman–Crippen MR) is 73.5 cm³/mol. The van der Waals surface area contributed by atoms with E-state index in [0.29, 0.717) is 11.4 Å². The molecule has 0 aliphatic carbocycles. The number of hydrogen-bond acceptors (Lipinski definition) is 3. The summed E-state index contributed by atoms with van der Waals surface area (Å²) >= 11 is 0. The first kappa shape index (κ1) is 14.5. The number of aromatic amines is 1. The maximum Gasteiger partial charge on any atom is 0.274 e. The maximum atomic E-state index is 12.1. The molecule has 5 nitrogen and oxygen atoms in total. The molecule has 5 heteroatoms. The van der Waals surface area contributed by atoms with Crippen LogP contribution in [0.5, 0.6) is 0 Å². The molecule has 18 heavy (non-hydrogen) atoms. The lowest BCUT2D eigenvalue weighted by Crippen LogP contribution is -2.43. The van der Waals surface area contributed by atoms with Crippen LogP contribution in [0.3, 0.4) is 0 Å². The van der Waals surface area contributed by atoms with Crippen LogP contribution in [-0.4, -0.2) is 21.6 Å². The van der Waals surface area contributed by atoms with Gasteiger partial charge in [-0.25, -0.2) is 0 Å². The Morgan fingerprint density at radius 2 is 2.11 bits per heavy atom.